The average Bonchev–Trinajstić information content (AvgIpc) is 2.24. The first kappa shape index (κ1) is 13.8. The van der Waals surface area contributed by atoms with E-state index in [4.69, 9.17) is 11.0 Å². The lowest BCUT2D eigenvalue weighted by atomic mass is 10.4. The quantitative estimate of drug-likeness (QED) is 0.422. The standard InChI is InChI=1S/C10H16N4S/c1-4-5-9(8-13-2)14(3)10(12)15-7-6-11/h4-5,8,10H,2,7,12H2,1,3H3/b5-4-,9-8+. The summed E-state index contributed by atoms with van der Waals surface area (Å²) >= 11 is 1.37. The molecule has 0 amide bonds. The maximum atomic E-state index is 8.44. The Morgan fingerprint density at radius 2 is 2.47 bits per heavy atom. The van der Waals surface area contributed by atoms with Gasteiger partial charge in [0.25, 0.3) is 0 Å². The predicted octanol–water partition coefficient (Wildman–Crippen LogP) is 1.54. The number of hydrogen-bond donors (Lipinski definition) is 1. The first-order valence-electron chi connectivity index (χ1n) is 4.43. The number of allylic oxidation sites excluding steroid dienone is 2. The van der Waals surface area contributed by atoms with Gasteiger partial charge in [-0.1, -0.05) is 6.08 Å². The molecule has 0 aliphatic rings. The molecule has 0 saturated heterocycles. The van der Waals surface area contributed by atoms with Crippen molar-refractivity contribution in [3.8, 4) is 6.07 Å². The molecule has 0 aliphatic heterocycles. The predicted molar refractivity (Wildman–Crippen MR) is 66.3 cm³/mol. The maximum Gasteiger partial charge on any atom is 0.126 e. The van der Waals surface area contributed by atoms with Gasteiger partial charge in [0.05, 0.1) is 17.5 Å². The molecule has 0 spiro atoms. The van der Waals surface area contributed by atoms with Gasteiger partial charge in [0, 0.05) is 13.2 Å². The fraction of sp³-hybridized carbons (Fsp3) is 0.400. The second kappa shape index (κ2) is 8.09. The van der Waals surface area contributed by atoms with Gasteiger partial charge in [0.15, 0.2) is 0 Å². The number of nitrogens with two attached hydrogens (primary N) is 1. The molecule has 0 aromatic heterocycles. The third-order valence-corrected chi connectivity index (χ3v) is 2.62. The summed E-state index contributed by atoms with van der Waals surface area (Å²) in [5.41, 5.74) is 6.48. The summed E-state index contributed by atoms with van der Waals surface area (Å²) in [5.74, 6) is 0.371. The second-order valence-electron chi connectivity index (χ2n) is 2.71. The van der Waals surface area contributed by atoms with Gasteiger partial charge in [-0.2, -0.15) is 5.26 Å². The van der Waals surface area contributed by atoms with E-state index >= 15 is 0 Å². The summed E-state index contributed by atoms with van der Waals surface area (Å²) in [4.78, 5) is 5.55. The van der Waals surface area contributed by atoms with Crippen molar-refractivity contribution in [3.63, 3.8) is 0 Å². The van der Waals surface area contributed by atoms with Gasteiger partial charge in [-0.05, 0) is 19.7 Å². The first-order valence-corrected chi connectivity index (χ1v) is 5.48. The van der Waals surface area contributed by atoms with Crippen molar-refractivity contribution in [2.75, 3.05) is 12.8 Å². The average molecular weight is 224 g/mol. The van der Waals surface area contributed by atoms with E-state index < -0.39 is 0 Å². The van der Waals surface area contributed by atoms with E-state index in [2.05, 4.69) is 11.7 Å². The van der Waals surface area contributed by atoms with Crippen molar-refractivity contribution in [3.05, 3.63) is 24.0 Å². The second-order valence-corrected chi connectivity index (χ2v) is 3.81. The highest BCUT2D eigenvalue weighted by atomic mass is 32.2. The Morgan fingerprint density at radius 3 is 2.93 bits per heavy atom. The molecule has 1 unspecified atom stereocenters. The Hall–Kier alpha value is -1.25. The van der Waals surface area contributed by atoms with Gasteiger partial charge in [-0.25, -0.2) is 0 Å². The van der Waals surface area contributed by atoms with Crippen LogP contribution in [0.4, 0.5) is 0 Å². The van der Waals surface area contributed by atoms with Crippen LogP contribution >= 0.6 is 11.8 Å². The highest BCUT2D eigenvalue weighted by molar-refractivity contribution is 8.00. The van der Waals surface area contributed by atoms with Crippen LogP contribution in [0.2, 0.25) is 0 Å². The maximum absolute atomic E-state index is 8.44. The lowest BCUT2D eigenvalue weighted by Gasteiger charge is -2.25. The van der Waals surface area contributed by atoms with Gasteiger partial charge < -0.3 is 10.6 Å². The van der Waals surface area contributed by atoms with Crippen LogP contribution in [0.1, 0.15) is 6.92 Å². The molecule has 1 atom stereocenters. The lowest BCUT2D eigenvalue weighted by molar-refractivity contribution is 0.411. The molecular weight excluding hydrogens is 208 g/mol. The largest absolute Gasteiger partial charge is 0.349 e. The molecule has 0 aromatic rings. The van der Waals surface area contributed by atoms with Crippen LogP contribution in [-0.2, 0) is 0 Å². The van der Waals surface area contributed by atoms with Crippen molar-refractivity contribution in [1.29, 1.82) is 5.26 Å². The first-order chi connectivity index (χ1) is 7.17. The summed E-state index contributed by atoms with van der Waals surface area (Å²) in [6, 6.07) is 2.04. The van der Waals surface area contributed by atoms with Crippen LogP contribution in [0.3, 0.4) is 0 Å². The molecule has 2 N–H and O–H groups in total. The van der Waals surface area contributed by atoms with Crippen molar-refractivity contribution in [2.24, 2.45) is 10.7 Å². The highest BCUT2D eigenvalue weighted by Gasteiger charge is 2.10. The summed E-state index contributed by atoms with van der Waals surface area (Å²) in [6.45, 7) is 5.32. The third kappa shape index (κ3) is 5.25. The van der Waals surface area contributed by atoms with Crippen LogP contribution < -0.4 is 5.73 Å². The zero-order valence-electron chi connectivity index (χ0n) is 9.05. The normalized spacial score (nSPS) is 13.6. The van der Waals surface area contributed by atoms with Crippen LogP contribution in [0.25, 0.3) is 0 Å². The van der Waals surface area contributed by atoms with Gasteiger partial charge in [0.2, 0.25) is 0 Å². The smallest absolute Gasteiger partial charge is 0.126 e. The molecule has 0 bridgehead atoms. The molecule has 15 heavy (non-hydrogen) atoms. The topological polar surface area (TPSA) is 65.4 Å². The lowest BCUT2D eigenvalue weighted by Crippen LogP contribution is -2.35. The summed E-state index contributed by atoms with van der Waals surface area (Å²) in [6.07, 6.45) is 5.42. The SMILES string of the molecule is C=N/C=C(\C=C/C)N(C)C(N)SCC#N. The molecule has 0 saturated carbocycles. The van der Waals surface area contributed by atoms with Crippen molar-refractivity contribution < 1.29 is 0 Å². The zero-order chi connectivity index (χ0) is 11.7. The molecule has 0 aromatic carbocycles. The fourth-order valence-corrected chi connectivity index (χ4v) is 1.49. The molecular formula is C10H16N4S. The van der Waals surface area contributed by atoms with Crippen molar-refractivity contribution in [2.45, 2.75) is 12.4 Å². The van der Waals surface area contributed by atoms with E-state index in [0.717, 1.165) is 5.70 Å². The molecule has 0 rings (SSSR count). The fourth-order valence-electron chi connectivity index (χ4n) is 0.897. The third-order valence-electron chi connectivity index (χ3n) is 1.67. The molecule has 0 radical (unpaired) electrons. The van der Waals surface area contributed by atoms with E-state index in [9.17, 15) is 0 Å². The minimum absolute atomic E-state index is 0.256. The van der Waals surface area contributed by atoms with Crippen LogP contribution in [0.15, 0.2) is 29.0 Å². The van der Waals surface area contributed by atoms with Crippen molar-refractivity contribution in [1.82, 2.24) is 4.90 Å². The Morgan fingerprint density at radius 1 is 1.80 bits per heavy atom. The number of likely N-dealkylation sites (N-methyl/N-ethyl adjacent to an activating group) is 1. The molecule has 0 fully saturated rings. The van der Waals surface area contributed by atoms with E-state index in [1.54, 1.807) is 6.20 Å². The molecule has 0 heterocycles. The van der Waals surface area contributed by atoms with Gasteiger partial charge in [-0.15, -0.1) is 11.8 Å². The molecule has 0 aliphatic carbocycles. The summed E-state index contributed by atoms with van der Waals surface area (Å²) in [5, 5.41) is 8.44. The Labute approximate surface area is 95.2 Å². The van der Waals surface area contributed by atoms with Crippen LogP contribution in [0, 0.1) is 11.3 Å². The van der Waals surface area contributed by atoms with Crippen LogP contribution in [-0.4, -0.2) is 29.9 Å². The number of nitriles is 1. The molecule has 5 heteroatoms. The zero-order valence-corrected chi connectivity index (χ0v) is 9.87. The number of hydrogen-bond acceptors (Lipinski definition) is 5. The van der Waals surface area contributed by atoms with Gasteiger partial charge in [-0.3, -0.25) is 4.99 Å². The number of thioether (sulfide) groups is 1. The van der Waals surface area contributed by atoms with Crippen molar-refractivity contribution >= 4 is 18.5 Å². The summed E-state index contributed by atoms with van der Waals surface area (Å²) in [7, 11) is 1.85. The van der Waals surface area contributed by atoms with E-state index in [-0.39, 0.29) is 5.50 Å². The van der Waals surface area contributed by atoms with Gasteiger partial charge in [0.1, 0.15) is 5.50 Å². The minimum Gasteiger partial charge on any atom is -0.349 e. The van der Waals surface area contributed by atoms with Crippen LogP contribution in [0.5, 0.6) is 0 Å². The number of nitrogens with zero attached hydrogens (tertiary/aromatic N) is 3. The van der Waals surface area contributed by atoms with E-state index in [1.165, 1.54) is 11.8 Å². The highest BCUT2D eigenvalue weighted by Crippen LogP contribution is 2.14. The van der Waals surface area contributed by atoms with E-state index in [0.29, 0.717) is 5.75 Å². The monoisotopic (exact) mass is 224 g/mol. The van der Waals surface area contributed by atoms with Gasteiger partial charge >= 0.3 is 0 Å². The Bertz CT molecular complexity index is 290. The van der Waals surface area contributed by atoms with E-state index in [1.807, 2.05) is 37.1 Å². The Kier molecular flexibility index (Phi) is 7.42. The minimum atomic E-state index is -0.256. The molecule has 82 valence electrons. The molecule has 4 nitrogen and oxygen atoms in total. The number of rotatable bonds is 6. The Balaban J connectivity index is 4.49. The number of aliphatic imine (C=N–C) groups is 1. The summed E-state index contributed by atoms with van der Waals surface area (Å²) < 4.78 is 0.